The molecular weight excluding hydrogens is 270 g/mol. The van der Waals surface area contributed by atoms with Gasteiger partial charge in [0.05, 0.1) is 16.8 Å². The monoisotopic (exact) mass is 289 g/mol. The van der Waals surface area contributed by atoms with Crippen molar-refractivity contribution >= 4 is 23.0 Å². The van der Waals surface area contributed by atoms with Crippen molar-refractivity contribution < 1.29 is 5.11 Å². The first-order chi connectivity index (χ1) is 9.40. The second kappa shape index (κ2) is 5.86. The lowest BCUT2D eigenvalue weighted by atomic mass is 10.1. The van der Waals surface area contributed by atoms with E-state index in [-0.39, 0.29) is 0 Å². The second-order valence-electron chi connectivity index (χ2n) is 5.24. The van der Waals surface area contributed by atoms with Gasteiger partial charge < -0.3 is 10.0 Å². The van der Waals surface area contributed by atoms with E-state index in [0.717, 1.165) is 16.9 Å². The van der Waals surface area contributed by atoms with Crippen LogP contribution in [0.1, 0.15) is 29.7 Å². The van der Waals surface area contributed by atoms with Gasteiger partial charge in [0.15, 0.2) is 0 Å². The van der Waals surface area contributed by atoms with Gasteiger partial charge >= 0.3 is 0 Å². The van der Waals surface area contributed by atoms with Gasteiger partial charge in [-0.25, -0.2) is 0 Å². The standard InChI is InChI=1S/C17H20ClNO/c1-11-5-7-16(12(2)9-11)19(4)17-8-6-14(13(3)20)10-15(17)18/h5-10,13,20H,1-4H3/t13-/m0/s1. The fourth-order valence-corrected chi connectivity index (χ4v) is 2.68. The third-order valence-electron chi connectivity index (χ3n) is 3.53. The Morgan fingerprint density at radius 3 is 2.25 bits per heavy atom. The van der Waals surface area contributed by atoms with Gasteiger partial charge in [-0.15, -0.1) is 0 Å². The van der Waals surface area contributed by atoms with Gasteiger partial charge in [0.2, 0.25) is 0 Å². The van der Waals surface area contributed by atoms with Gasteiger partial charge in [-0.3, -0.25) is 0 Å². The third-order valence-corrected chi connectivity index (χ3v) is 3.83. The van der Waals surface area contributed by atoms with E-state index in [2.05, 4.69) is 36.9 Å². The van der Waals surface area contributed by atoms with Gasteiger partial charge in [-0.1, -0.05) is 35.4 Å². The topological polar surface area (TPSA) is 23.5 Å². The van der Waals surface area contributed by atoms with Gasteiger partial charge in [0.1, 0.15) is 0 Å². The lowest BCUT2D eigenvalue weighted by molar-refractivity contribution is 0.199. The summed E-state index contributed by atoms with van der Waals surface area (Å²) in [5.41, 5.74) is 5.34. The number of hydrogen-bond acceptors (Lipinski definition) is 2. The molecule has 0 unspecified atom stereocenters. The minimum atomic E-state index is -0.507. The minimum absolute atomic E-state index is 0.507. The van der Waals surface area contributed by atoms with Crippen LogP contribution in [0.5, 0.6) is 0 Å². The molecule has 2 rings (SSSR count). The average Bonchev–Trinajstić information content (AvgIpc) is 2.37. The van der Waals surface area contributed by atoms with E-state index in [1.807, 2.05) is 25.2 Å². The molecule has 3 heteroatoms. The zero-order valence-electron chi connectivity index (χ0n) is 12.3. The Morgan fingerprint density at radius 1 is 1.05 bits per heavy atom. The van der Waals surface area contributed by atoms with Crippen LogP contribution in [0.15, 0.2) is 36.4 Å². The number of hydrogen-bond donors (Lipinski definition) is 1. The van der Waals surface area contributed by atoms with Crippen molar-refractivity contribution in [2.24, 2.45) is 0 Å². The van der Waals surface area contributed by atoms with E-state index in [0.29, 0.717) is 5.02 Å². The molecule has 0 heterocycles. The molecular formula is C17H20ClNO. The fourth-order valence-electron chi connectivity index (χ4n) is 2.37. The SMILES string of the molecule is Cc1ccc(N(C)c2ccc([C@H](C)O)cc2Cl)c(C)c1. The largest absolute Gasteiger partial charge is 0.389 e. The molecule has 0 saturated carbocycles. The summed E-state index contributed by atoms with van der Waals surface area (Å²) < 4.78 is 0. The molecule has 2 aromatic rings. The molecule has 20 heavy (non-hydrogen) atoms. The molecule has 0 spiro atoms. The van der Waals surface area contributed by atoms with E-state index < -0.39 is 6.10 Å². The molecule has 2 nitrogen and oxygen atoms in total. The first-order valence-corrected chi connectivity index (χ1v) is 7.06. The predicted octanol–water partition coefficient (Wildman–Crippen LogP) is 4.78. The molecule has 0 amide bonds. The molecule has 0 aliphatic heterocycles. The van der Waals surface area contributed by atoms with E-state index >= 15 is 0 Å². The molecule has 106 valence electrons. The maximum atomic E-state index is 9.60. The highest BCUT2D eigenvalue weighted by Gasteiger charge is 2.12. The Kier molecular flexibility index (Phi) is 4.36. The number of anilines is 2. The summed E-state index contributed by atoms with van der Waals surface area (Å²) in [5.74, 6) is 0. The first-order valence-electron chi connectivity index (χ1n) is 6.68. The molecule has 1 atom stereocenters. The van der Waals surface area contributed by atoms with Crippen LogP contribution < -0.4 is 4.90 Å². The third kappa shape index (κ3) is 2.97. The Bertz CT molecular complexity index is 622. The number of nitrogens with zero attached hydrogens (tertiary/aromatic N) is 1. The fraction of sp³-hybridized carbons (Fsp3) is 0.294. The summed E-state index contributed by atoms with van der Waals surface area (Å²) in [7, 11) is 2.00. The second-order valence-corrected chi connectivity index (χ2v) is 5.64. The van der Waals surface area contributed by atoms with Crippen molar-refractivity contribution in [3.63, 3.8) is 0 Å². The molecule has 0 radical (unpaired) electrons. The van der Waals surface area contributed by atoms with Gasteiger partial charge in [0.25, 0.3) is 0 Å². The van der Waals surface area contributed by atoms with Gasteiger partial charge in [-0.05, 0) is 50.1 Å². The summed E-state index contributed by atoms with van der Waals surface area (Å²) in [4.78, 5) is 2.07. The number of aliphatic hydroxyl groups is 1. The summed E-state index contributed by atoms with van der Waals surface area (Å²) in [6, 6.07) is 12.0. The van der Waals surface area contributed by atoms with Crippen LogP contribution in [0, 0.1) is 13.8 Å². The molecule has 2 aromatic carbocycles. The van der Waals surface area contributed by atoms with Crippen LogP contribution in [0.25, 0.3) is 0 Å². The number of aryl methyl sites for hydroxylation is 2. The highest BCUT2D eigenvalue weighted by Crippen LogP contribution is 2.34. The maximum absolute atomic E-state index is 9.60. The summed E-state index contributed by atoms with van der Waals surface area (Å²) in [5, 5.41) is 10.2. The van der Waals surface area contributed by atoms with E-state index in [4.69, 9.17) is 11.6 Å². The zero-order chi connectivity index (χ0) is 14.9. The predicted molar refractivity (Wildman–Crippen MR) is 86.1 cm³/mol. The summed E-state index contributed by atoms with van der Waals surface area (Å²) >= 11 is 6.35. The molecule has 0 aliphatic carbocycles. The Morgan fingerprint density at radius 2 is 1.70 bits per heavy atom. The van der Waals surface area contributed by atoms with Crippen LogP contribution in [0.2, 0.25) is 5.02 Å². The summed E-state index contributed by atoms with van der Waals surface area (Å²) in [6.07, 6.45) is -0.507. The van der Waals surface area contributed by atoms with Gasteiger partial charge in [-0.2, -0.15) is 0 Å². The van der Waals surface area contributed by atoms with Crippen molar-refractivity contribution in [3.05, 3.63) is 58.1 Å². The van der Waals surface area contributed by atoms with Crippen LogP contribution >= 0.6 is 11.6 Å². The van der Waals surface area contributed by atoms with Crippen molar-refractivity contribution in [2.45, 2.75) is 26.9 Å². The van der Waals surface area contributed by atoms with Crippen LogP contribution in [0.4, 0.5) is 11.4 Å². The number of rotatable bonds is 3. The van der Waals surface area contributed by atoms with E-state index in [1.54, 1.807) is 6.92 Å². The van der Waals surface area contributed by atoms with Gasteiger partial charge in [0, 0.05) is 12.7 Å². The molecule has 0 aromatic heterocycles. The first kappa shape index (κ1) is 14.9. The average molecular weight is 290 g/mol. The molecule has 0 fully saturated rings. The van der Waals surface area contributed by atoms with Crippen molar-refractivity contribution in [1.82, 2.24) is 0 Å². The molecule has 0 bridgehead atoms. The Labute approximate surface area is 125 Å². The van der Waals surface area contributed by atoms with Crippen molar-refractivity contribution in [3.8, 4) is 0 Å². The number of halogens is 1. The Balaban J connectivity index is 2.40. The highest BCUT2D eigenvalue weighted by atomic mass is 35.5. The van der Waals surface area contributed by atoms with E-state index in [9.17, 15) is 5.11 Å². The van der Waals surface area contributed by atoms with Crippen LogP contribution in [-0.2, 0) is 0 Å². The lowest BCUT2D eigenvalue weighted by Crippen LogP contribution is -2.11. The quantitative estimate of drug-likeness (QED) is 0.879. The Hall–Kier alpha value is -1.51. The summed E-state index contributed by atoms with van der Waals surface area (Å²) in [6.45, 7) is 5.91. The maximum Gasteiger partial charge on any atom is 0.0762 e. The lowest BCUT2D eigenvalue weighted by Gasteiger charge is -2.23. The van der Waals surface area contributed by atoms with Crippen molar-refractivity contribution in [2.75, 3.05) is 11.9 Å². The van der Waals surface area contributed by atoms with Crippen molar-refractivity contribution in [1.29, 1.82) is 0 Å². The zero-order valence-corrected chi connectivity index (χ0v) is 13.1. The van der Waals surface area contributed by atoms with Crippen LogP contribution in [-0.4, -0.2) is 12.2 Å². The molecule has 0 aliphatic rings. The minimum Gasteiger partial charge on any atom is -0.389 e. The smallest absolute Gasteiger partial charge is 0.0762 e. The van der Waals surface area contributed by atoms with E-state index in [1.165, 1.54) is 11.1 Å². The highest BCUT2D eigenvalue weighted by molar-refractivity contribution is 6.33. The molecule has 1 N–H and O–H groups in total. The molecule has 0 saturated heterocycles. The number of aliphatic hydroxyl groups excluding tert-OH is 1. The van der Waals surface area contributed by atoms with Crippen LogP contribution in [0.3, 0.4) is 0 Å². The normalized spacial score (nSPS) is 12.3. The number of benzene rings is 2.